The zero-order valence-electron chi connectivity index (χ0n) is 10.8. The lowest BCUT2D eigenvalue weighted by atomic mass is 9.74. The van der Waals surface area contributed by atoms with Gasteiger partial charge in [0.2, 0.25) is 0 Å². The van der Waals surface area contributed by atoms with Crippen LogP contribution in [-0.4, -0.2) is 22.3 Å². The van der Waals surface area contributed by atoms with Gasteiger partial charge in [-0.05, 0) is 17.5 Å². The Morgan fingerprint density at radius 3 is 2.14 bits per heavy atom. The molecule has 1 N–H and O–H groups in total. The fourth-order valence-corrected chi connectivity index (χ4v) is 3.25. The fraction of sp³-hybridized carbons (Fsp3) is 0.833. The molecule has 0 saturated carbocycles. The minimum atomic E-state index is 0.114. The first-order valence-electron chi connectivity index (χ1n) is 5.74. The van der Waals surface area contributed by atoms with E-state index in [2.05, 4.69) is 52.6 Å². The van der Waals surface area contributed by atoms with Crippen molar-refractivity contribution >= 4 is 10.2 Å². The summed E-state index contributed by atoms with van der Waals surface area (Å²) in [6.45, 7) is 16.5. The maximum atomic E-state index is 4.05. The molecule has 0 radical (unpaired) electrons. The Labute approximate surface area is 92.8 Å². The van der Waals surface area contributed by atoms with Crippen molar-refractivity contribution in [3.05, 3.63) is 12.7 Å². The number of hydrogen-bond acceptors (Lipinski definition) is 1. The summed E-state index contributed by atoms with van der Waals surface area (Å²) in [7, 11) is 1.18. The SMILES string of the molecule is C=CC(NCC)(C(C)CC)C(C)(C)[SiH3]. The highest BCUT2D eigenvalue weighted by Gasteiger charge is 2.41. The summed E-state index contributed by atoms with van der Waals surface area (Å²) >= 11 is 0. The van der Waals surface area contributed by atoms with Crippen molar-refractivity contribution in [3.8, 4) is 0 Å². The van der Waals surface area contributed by atoms with Gasteiger partial charge < -0.3 is 5.32 Å². The van der Waals surface area contributed by atoms with Gasteiger partial charge in [0.1, 0.15) is 0 Å². The maximum Gasteiger partial charge on any atom is 0.0405 e. The van der Waals surface area contributed by atoms with Crippen molar-refractivity contribution in [1.29, 1.82) is 0 Å². The highest BCUT2D eigenvalue weighted by atomic mass is 28.1. The summed E-state index contributed by atoms with van der Waals surface area (Å²) in [5.74, 6) is 0.646. The van der Waals surface area contributed by atoms with Crippen LogP contribution in [0.5, 0.6) is 0 Å². The smallest absolute Gasteiger partial charge is 0.0405 e. The first kappa shape index (κ1) is 13.9. The van der Waals surface area contributed by atoms with Crippen molar-refractivity contribution in [3.63, 3.8) is 0 Å². The fourth-order valence-electron chi connectivity index (χ4n) is 2.37. The van der Waals surface area contributed by atoms with Crippen LogP contribution in [0.2, 0.25) is 5.04 Å². The molecule has 84 valence electrons. The summed E-state index contributed by atoms with van der Waals surface area (Å²) in [6.07, 6.45) is 3.34. The van der Waals surface area contributed by atoms with E-state index in [0.717, 1.165) is 6.54 Å². The van der Waals surface area contributed by atoms with Crippen molar-refractivity contribution in [1.82, 2.24) is 5.32 Å². The van der Waals surface area contributed by atoms with Gasteiger partial charge in [-0.1, -0.05) is 47.1 Å². The molecule has 1 nitrogen and oxygen atoms in total. The molecule has 0 saturated heterocycles. The summed E-state index contributed by atoms with van der Waals surface area (Å²) in [4.78, 5) is 0. The average Bonchev–Trinajstić information content (AvgIpc) is 2.11. The van der Waals surface area contributed by atoms with Gasteiger partial charge in [-0.15, -0.1) is 6.58 Å². The van der Waals surface area contributed by atoms with Gasteiger partial charge in [0.15, 0.2) is 0 Å². The molecule has 14 heavy (non-hydrogen) atoms. The Kier molecular flexibility index (Phi) is 5.10. The minimum absolute atomic E-state index is 0.114. The van der Waals surface area contributed by atoms with Crippen LogP contribution in [0.3, 0.4) is 0 Å². The van der Waals surface area contributed by atoms with Crippen LogP contribution >= 0.6 is 0 Å². The standard InChI is InChI=1S/C12H27NSi/c1-7-10(4)12(8-2,13-9-3)11(5,6)14/h8,10,13H,2,7,9H2,1,3-6,14H3. The Morgan fingerprint density at radius 1 is 1.43 bits per heavy atom. The molecule has 0 aromatic heterocycles. The van der Waals surface area contributed by atoms with Crippen molar-refractivity contribution in [2.24, 2.45) is 5.92 Å². The van der Waals surface area contributed by atoms with E-state index in [1.165, 1.54) is 16.7 Å². The topological polar surface area (TPSA) is 12.0 Å². The second-order valence-electron chi connectivity index (χ2n) is 5.16. The molecule has 2 atom stereocenters. The summed E-state index contributed by atoms with van der Waals surface area (Å²) in [6, 6.07) is 0. The predicted octanol–water partition coefficient (Wildman–Crippen LogP) is 2.13. The molecule has 2 unspecified atom stereocenters. The van der Waals surface area contributed by atoms with Gasteiger partial charge >= 0.3 is 0 Å². The predicted molar refractivity (Wildman–Crippen MR) is 70.0 cm³/mol. The number of nitrogens with one attached hydrogen (secondary N) is 1. The van der Waals surface area contributed by atoms with Crippen LogP contribution in [0.15, 0.2) is 12.7 Å². The molecule has 0 fully saturated rings. The van der Waals surface area contributed by atoms with E-state index >= 15 is 0 Å². The van der Waals surface area contributed by atoms with E-state index in [9.17, 15) is 0 Å². The molecular weight excluding hydrogens is 186 g/mol. The summed E-state index contributed by atoms with van der Waals surface area (Å²) in [5, 5.41) is 4.00. The molecule has 0 aromatic rings. The van der Waals surface area contributed by atoms with Crippen LogP contribution in [0, 0.1) is 5.92 Å². The molecule has 0 aromatic carbocycles. The lowest BCUT2D eigenvalue weighted by Gasteiger charge is -2.48. The Bertz CT molecular complexity index is 183. The molecule has 0 heterocycles. The lowest BCUT2D eigenvalue weighted by Crippen LogP contribution is -2.55. The quantitative estimate of drug-likeness (QED) is 0.526. The molecule has 0 aliphatic heterocycles. The Hall–Kier alpha value is -0.0831. The van der Waals surface area contributed by atoms with Crippen LogP contribution in [0.1, 0.15) is 41.0 Å². The monoisotopic (exact) mass is 213 g/mol. The second-order valence-corrected chi connectivity index (χ2v) is 7.66. The molecule has 0 spiro atoms. The molecule has 0 rings (SSSR count). The molecule has 0 bridgehead atoms. The highest BCUT2D eigenvalue weighted by Crippen LogP contribution is 2.42. The van der Waals surface area contributed by atoms with E-state index in [1.54, 1.807) is 0 Å². The maximum absolute atomic E-state index is 4.05. The van der Waals surface area contributed by atoms with Crippen LogP contribution in [0.4, 0.5) is 0 Å². The molecule has 0 aliphatic carbocycles. The highest BCUT2D eigenvalue weighted by molar-refractivity contribution is 6.16. The van der Waals surface area contributed by atoms with Crippen molar-refractivity contribution in [2.75, 3.05) is 6.54 Å². The van der Waals surface area contributed by atoms with Crippen LogP contribution in [0.25, 0.3) is 0 Å². The molecular formula is C12H27NSi. The summed E-state index contributed by atoms with van der Waals surface area (Å²) < 4.78 is 0. The normalized spacial score (nSPS) is 18.9. The third-order valence-electron chi connectivity index (χ3n) is 3.42. The number of rotatable bonds is 6. The first-order chi connectivity index (χ1) is 6.35. The number of hydrogen-bond donors (Lipinski definition) is 1. The second kappa shape index (κ2) is 5.13. The minimum Gasteiger partial charge on any atom is -0.308 e. The van der Waals surface area contributed by atoms with E-state index in [-0.39, 0.29) is 5.54 Å². The van der Waals surface area contributed by atoms with Gasteiger partial charge in [-0.3, -0.25) is 0 Å². The van der Waals surface area contributed by atoms with E-state index in [1.807, 2.05) is 0 Å². The van der Waals surface area contributed by atoms with Crippen molar-refractivity contribution < 1.29 is 0 Å². The van der Waals surface area contributed by atoms with Crippen LogP contribution in [-0.2, 0) is 0 Å². The van der Waals surface area contributed by atoms with E-state index < -0.39 is 0 Å². The average molecular weight is 213 g/mol. The third kappa shape index (κ3) is 2.48. The van der Waals surface area contributed by atoms with Gasteiger partial charge in [-0.2, -0.15) is 0 Å². The first-order valence-corrected chi connectivity index (χ1v) is 6.74. The largest absolute Gasteiger partial charge is 0.308 e. The third-order valence-corrected chi connectivity index (χ3v) is 4.25. The Balaban J connectivity index is 5.08. The van der Waals surface area contributed by atoms with E-state index in [4.69, 9.17) is 0 Å². The summed E-state index contributed by atoms with van der Waals surface area (Å²) in [5.41, 5.74) is 0.114. The molecule has 2 heteroatoms. The van der Waals surface area contributed by atoms with E-state index in [0.29, 0.717) is 11.0 Å². The van der Waals surface area contributed by atoms with Crippen LogP contribution < -0.4 is 5.32 Å². The zero-order valence-corrected chi connectivity index (χ0v) is 12.8. The lowest BCUT2D eigenvalue weighted by molar-refractivity contribution is 0.221. The molecule has 0 aliphatic rings. The number of likely N-dealkylation sites (N-methyl/N-ethyl adjacent to an activating group) is 1. The zero-order chi connectivity index (χ0) is 11.4. The van der Waals surface area contributed by atoms with Crippen molar-refractivity contribution in [2.45, 2.75) is 51.6 Å². The van der Waals surface area contributed by atoms with Gasteiger partial charge in [0, 0.05) is 15.8 Å². The van der Waals surface area contributed by atoms with Gasteiger partial charge in [-0.25, -0.2) is 0 Å². The van der Waals surface area contributed by atoms with Gasteiger partial charge in [0.05, 0.1) is 0 Å². The molecule has 0 amide bonds. The Morgan fingerprint density at radius 2 is 1.93 bits per heavy atom. The van der Waals surface area contributed by atoms with Gasteiger partial charge in [0.25, 0.3) is 0 Å².